The number of hydrogen-bond donors (Lipinski definition) is 1. The lowest BCUT2D eigenvalue weighted by atomic mass is 10.1. The van der Waals surface area contributed by atoms with Crippen molar-refractivity contribution in [3.05, 3.63) is 0 Å². The first-order chi connectivity index (χ1) is 7.08. The van der Waals surface area contributed by atoms with Gasteiger partial charge in [0.15, 0.2) is 0 Å². The second kappa shape index (κ2) is 4.10. The maximum atomic E-state index is 11.9. The summed E-state index contributed by atoms with van der Waals surface area (Å²) in [5.74, 6) is 0.233. The average molecular weight is 212 g/mol. The molecule has 0 spiro atoms. The van der Waals surface area contributed by atoms with Crippen molar-refractivity contribution in [3.63, 3.8) is 0 Å². The van der Waals surface area contributed by atoms with Crippen molar-refractivity contribution in [2.45, 2.75) is 44.9 Å². The van der Waals surface area contributed by atoms with Gasteiger partial charge < -0.3 is 10.0 Å². The minimum absolute atomic E-state index is 0.233. The van der Waals surface area contributed by atoms with Gasteiger partial charge in [-0.25, -0.2) is 0 Å². The topological polar surface area (TPSA) is 43.8 Å². The molecule has 2 aliphatic rings. The third-order valence-electron chi connectivity index (χ3n) is 3.11. The largest absolute Gasteiger partial charge is 0.392 e. The highest BCUT2D eigenvalue weighted by atomic mass is 16.3. The smallest absolute Gasteiger partial charge is 0.237 e. The van der Waals surface area contributed by atoms with Gasteiger partial charge in [-0.05, 0) is 26.7 Å². The van der Waals surface area contributed by atoms with Crippen molar-refractivity contribution < 1.29 is 9.90 Å². The number of aliphatic hydroxyl groups excluding tert-OH is 1. The van der Waals surface area contributed by atoms with E-state index in [1.165, 1.54) is 12.8 Å². The van der Waals surface area contributed by atoms with Crippen molar-refractivity contribution in [2.75, 3.05) is 19.6 Å². The third kappa shape index (κ3) is 2.49. The van der Waals surface area contributed by atoms with Crippen LogP contribution in [0.5, 0.6) is 0 Å². The van der Waals surface area contributed by atoms with E-state index < -0.39 is 0 Å². The number of aliphatic hydroxyl groups is 1. The number of nitrogens with zero attached hydrogens (tertiary/aromatic N) is 2. The Balaban J connectivity index is 1.93. The molecule has 1 N–H and O–H groups in total. The normalized spacial score (nSPS) is 30.7. The Morgan fingerprint density at radius 3 is 2.67 bits per heavy atom. The van der Waals surface area contributed by atoms with Gasteiger partial charge in [-0.3, -0.25) is 9.69 Å². The Labute approximate surface area is 90.9 Å². The molecule has 2 fully saturated rings. The lowest BCUT2D eigenvalue weighted by molar-refractivity contribution is -0.140. The lowest BCUT2D eigenvalue weighted by Crippen LogP contribution is -2.57. The Morgan fingerprint density at radius 2 is 2.20 bits per heavy atom. The van der Waals surface area contributed by atoms with Gasteiger partial charge in [0.2, 0.25) is 5.91 Å². The Kier molecular flexibility index (Phi) is 2.98. The molecule has 15 heavy (non-hydrogen) atoms. The molecule has 2 rings (SSSR count). The van der Waals surface area contributed by atoms with Gasteiger partial charge in [-0.15, -0.1) is 0 Å². The van der Waals surface area contributed by atoms with E-state index in [1.54, 1.807) is 6.92 Å². The van der Waals surface area contributed by atoms with Gasteiger partial charge >= 0.3 is 0 Å². The zero-order valence-corrected chi connectivity index (χ0v) is 9.52. The van der Waals surface area contributed by atoms with Crippen molar-refractivity contribution in [3.8, 4) is 0 Å². The molecule has 0 bridgehead atoms. The van der Waals surface area contributed by atoms with E-state index >= 15 is 0 Å². The molecular weight excluding hydrogens is 192 g/mol. The van der Waals surface area contributed by atoms with Crippen LogP contribution in [0.3, 0.4) is 0 Å². The molecular formula is C11H20N2O2. The fraction of sp³-hybridized carbons (Fsp3) is 0.909. The van der Waals surface area contributed by atoms with Crippen LogP contribution in [0.25, 0.3) is 0 Å². The van der Waals surface area contributed by atoms with Crippen LogP contribution in [0.4, 0.5) is 0 Å². The first kappa shape index (κ1) is 10.9. The molecule has 2 atom stereocenters. The molecule has 1 heterocycles. The van der Waals surface area contributed by atoms with E-state index in [9.17, 15) is 9.90 Å². The highest BCUT2D eigenvalue weighted by Crippen LogP contribution is 2.30. The van der Waals surface area contributed by atoms with E-state index in [0.29, 0.717) is 25.2 Å². The molecule has 1 amide bonds. The molecule has 4 heteroatoms. The number of β-amino-alcohol motifs (C(OH)–C–C–N with tert-alkyl or cyclic N) is 1. The molecule has 2 unspecified atom stereocenters. The quantitative estimate of drug-likeness (QED) is 0.719. The zero-order chi connectivity index (χ0) is 11.0. The summed E-state index contributed by atoms with van der Waals surface area (Å²) >= 11 is 0. The average Bonchev–Trinajstić information content (AvgIpc) is 2.84. The minimum atomic E-state index is -0.350. The van der Waals surface area contributed by atoms with Crippen molar-refractivity contribution in [2.24, 2.45) is 0 Å². The van der Waals surface area contributed by atoms with Crippen molar-refractivity contribution in [1.29, 1.82) is 0 Å². The van der Waals surface area contributed by atoms with Crippen LogP contribution < -0.4 is 0 Å². The number of piperazine rings is 1. The molecule has 86 valence electrons. The van der Waals surface area contributed by atoms with Crippen LogP contribution in [-0.4, -0.2) is 58.6 Å². The highest BCUT2D eigenvalue weighted by Gasteiger charge is 2.39. The van der Waals surface area contributed by atoms with Crippen molar-refractivity contribution in [1.82, 2.24) is 9.80 Å². The predicted molar refractivity (Wildman–Crippen MR) is 57.5 cm³/mol. The standard InChI is InChI=1S/C11H20N2O2/c1-8-5-12(6-9(2)14)7-11(15)13(8)10-3-4-10/h8-10,14H,3-7H2,1-2H3. The minimum Gasteiger partial charge on any atom is -0.392 e. The van der Waals surface area contributed by atoms with Gasteiger partial charge in [0.25, 0.3) is 0 Å². The highest BCUT2D eigenvalue weighted by molar-refractivity contribution is 5.80. The number of amides is 1. The van der Waals surface area contributed by atoms with E-state index in [-0.39, 0.29) is 12.0 Å². The summed E-state index contributed by atoms with van der Waals surface area (Å²) in [7, 11) is 0. The van der Waals surface area contributed by atoms with Crippen LogP contribution in [0.2, 0.25) is 0 Å². The fourth-order valence-corrected chi connectivity index (χ4v) is 2.47. The van der Waals surface area contributed by atoms with Gasteiger partial charge in [0.05, 0.1) is 12.6 Å². The van der Waals surface area contributed by atoms with Crippen LogP contribution in [0, 0.1) is 0 Å². The lowest BCUT2D eigenvalue weighted by Gasteiger charge is -2.40. The number of carbonyl (C=O) groups is 1. The van der Waals surface area contributed by atoms with E-state index in [1.807, 2.05) is 4.90 Å². The number of carbonyl (C=O) groups excluding carboxylic acids is 1. The maximum absolute atomic E-state index is 11.9. The Hall–Kier alpha value is -0.610. The molecule has 0 radical (unpaired) electrons. The molecule has 1 aliphatic carbocycles. The predicted octanol–water partition coefficient (Wildman–Crippen LogP) is 0.0623. The first-order valence-corrected chi connectivity index (χ1v) is 5.79. The van der Waals surface area contributed by atoms with Crippen LogP contribution >= 0.6 is 0 Å². The summed E-state index contributed by atoms with van der Waals surface area (Å²) in [5.41, 5.74) is 0. The second-order valence-electron chi connectivity index (χ2n) is 4.92. The van der Waals surface area contributed by atoms with Crippen LogP contribution in [-0.2, 0) is 4.79 Å². The summed E-state index contributed by atoms with van der Waals surface area (Å²) in [6.45, 7) is 5.85. The molecule has 1 saturated heterocycles. The number of rotatable bonds is 3. The monoisotopic (exact) mass is 212 g/mol. The van der Waals surface area contributed by atoms with Gasteiger partial charge in [0.1, 0.15) is 0 Å². The fourth-order valence-electron chi connectivity index (χ4n) is 2.47. The molecule has 1 aliphatic heterocycles. The van der Waals surface area contributed by atoms with Crippen LogP contribution in [0.1, 0.15) is 26.7 Å². The number of hydrogen-bond acceptors (Lipinski definition) is 3. The molecule has 4 nitrogen and oxygen atoms in total. The summed E-state index contributed by atoms with van der Waals surface area (Å²) in [6.07, 6.45) is 2.00. The van der Waals surface area contributed by atoms with E-state index in [2.05, 4.69) is 11.8 Å². The molecule has 0 aromatic carbocycles. The van der Waals surface area contributed by atoms with Gasteiger partial charge in [-0.1, -0.05) is 0 Å². The second-order valence-corrected chi connectivity index (χ2v) is 4.92. The van der Waals surface area contributed by atoms with E-state index in [0.717, 1.165) is 6.54 Å². The summed E-state index contributed by atoms with van der Waals surface area (Å²) in [6, 6.07) is 0.818. The molecule has 1 saturated carbocycles. The Bertz CT molecular complexity index is 251. The summed E-state index contributed by atoms with van der Waals surface area (Å²) in [5, 5.41) is 9.30. The van der Waals surface area contributed by atoms with Crippen LogP contribution in [0.15, 0.2) is 0 Å². The third-order valence-corrected chi connectivity index (χ3v) is 3.11. The Morgan fingerprint density at radius 1 is 1.53 bits per heavy atom. The van der Waals surface area contributed by atoms with Crippen molar-refractivity contribution >= 4 is 5.91 Å². The van der Waals surface area contributed by atoms with E-state index in [4.69, 9.17) is 0 Å². The SMILES string of the molecule is CC(O)CN1CC(=O)N(C2CC2)C(C)C1. The summed E-state index contributed by atoms with van der Waals surface area (Å²) in [4.78, 5) is 16.0. The maximum Gasteiger partial charge on any atom is 0.237 e. The molecule has 0 aromatic rings. The molecule has 0 aromatic heterocycles. The zero-order valence-electron chi connectivity index (χ0n) is 9.52. The first-order valence-electron chi connectivity index (χ1n) is 5.79. The summed E-state index contributed by atoms with van der Waals surface area (Å²) < 4.78 is 0. The van der Waals surface area contributed by atoms with Gasteiger partial charge in [-0.2, -0.15) is 0 Å². The van der Waals surface area contributed by atoms with Gasteiger partial charge in [0, 0.05) is 25.2 Å².